The molecule has 5 nitrogen and oxygen atoms in total. The molecule has 0 N–H and O–H groups in total. The fourth-order valence-corrected chi connectivity index (χ4v) is 5.21. The lowest BCUT2D eigenvalue weighted by atomic mass is 10.00. The second kappa shape index (κ2) is 11.0. The van der Waals surface area contributed by atoms with Crippen LogP contribution in [0.4, 0.5) is 8.78 Å². The zero-order valence-electron chi connectivity index (χ0n) is 19.7. The van der Waals surface area contributed by atoms with Gasteiger partial charge in [-0.05, 0) is 67.1 Å². The van der Waals surface area contributed by atoms with Gasteiger partial charge in [0.05, 0.1) is 6.04 Å². The number of fused-ring (bicyclic) bond motifs is 1. The van der Waals surface area contributed by atoms with Gasteiger partial charge in [-0.15, -0.1) is 11.3 Å². The van der Waals surface area contributed by atoms with Crippen molar-refractivity contribution in [1.82, 2.24) is 9.80 Å². The maximum atomic E-state index is 13.8. The van der Waals surface area contributed by atoms with E-state index in [0.717, 1.165) is 12.0 Å². The molecule has 8 heteroatoms. The summed E-state index contributed by atoms with van der Waals surface area (Å²) in [6.45, 7) is 4.35. The number of ether oxygens (including phenoxy) is 1. The van der Waals surface area contributed by atoms with E-state index in [0.29, 0.717) is 18.7 Å². The van der Waals surface area contributed by atoms with E-state index in [9.17, 15) is 18.4 Å². The van der Waals surface area contributed by atoms with Crippen LogP contribution >= 0.6 is 11.3 Å². The van der Waals surface area contributed by atoms with Crippen molar-refractivity contribution < 1.29 is 23.1 Å². The Balaban J connectivity index is 1.55. The van der Waals surface area contributed by atoms with Crippen molar-refractivity contribution in [3.63, 3.8) is 0 Å². The molecule has 0 bridgehead atoms. The van der Waals surface area contributed by atoms with E-state index in [1.54, 1.807) is 34.4 Å². The van der Waals surface area contributed by atoms with E-state index in [1.807, 2.05) is 25.3 Å². The van der Waals surface area contributed by atoms with Crippen LogP contribution < -0.4 is 4.74 Å². The Kier molecular flexibility index (Phi) is 7.80. The maximum absolute atomic E-state index is 13.8. The number of amides is 2. The van der Waals surface area contributed by atoms with E-state index in [1.165, 1.54) is 40.1 Å². The first-order valence-corrected chi connectivity index (χ1v) is 12.6. The first kappa shape index (κ1) is 24.9. The zero-order chi connectivity index (χ0) is 24.9. The summed E-state index contributed by atoms with van der Waals surface area (Å²) in [5, 5.41) is 1.99. The number of hydrogen-bond donors (Lipinski definition) is 0. The third kappa shape index (κ3) is 5.70. The monoisotopic (exact) mass is 498 g/mol. The lowest BCUT2D eigenvalue weighted by Crippen LogP contribution is -2.49. The van der Waals surface area contributed by atoms with Gasteiger partial charge in [0, 0.05) is 29.1 Å². The summed E-state index contributed by atoms with van der Waals surface area (Å²) >= 11 is 1.64. The third-order valence-electron chi connectivity index (χ3n) is 6.38. The van der Waals surface area contributed by atoms with Crippen LogP contribution in [0.25, 0.3) is 0 Å². The predicted molar refractivity (Wildman–Crippen MR) is 132 cm³/mol. The molecular weight excluding hydrogens is 470 g/mol. The minimum Gasteiger partial charge on any atom is -0.491 e. The number of halogens is 2. The minimum atomic E-state index is -0.498. The average Bonchev–Trinajstić information content (AvgIpc) is 3.34. The van der Waals surface area contributed by atoms with Gasteiger partial charge in [0.1, 0.15) is 30.5 Å². The summed E-state index contributed by atoms with van der Waals surface area (Å²) < 4.78 is 33.3. The fourth-order valence-electron chi connectivity index (χ4n) is 4.28. The normalized spacial score (nSPS) is 15.9. The number of rotatable bonds is 8. The van der Waals surface area contributed by atoms with Gasteiger partial charge < -0.3 is 14.5 Å². The molecule has 0 fully saturated rings. The molecule has 1 aliphatic heterocycles. The lowest BCUT2D eigenvalue weighted by Gasteiger charge is -2.38. The van der Waals surface area contributed by atoms with E-state index in [2.05, 4.69) is 0 Å². The third-order valence-corrected chi connectivity index (χ3v) is 7.38. The van der Waals surface area contributed by atoms with E-state index < -0.39 is 11.6 Å². The average molecular weight is 499 g/mol. The van der Waals surface area contributed by atoms with Crippen molar-refractivity contribution in [2.75, 3.05) is 19.7 Å². The molecular formula is C27H28F2N2O3S. The zero-order valence-corrected chi connectivity index (χ0v) is 20.6. The smallest absolute Gasteiger partial charge is 0.254 e. The van der Waals surface area contributed by atoms with Crippen molar-refractivity contribution in [1.29, 1.82) is 0 Å². The Bertz CT molecular complexity index is 1200. The Morgan fingerprint density at radius 1 is 1.14 bits per heavy atom. The van der Waals surface area contributed by atoms with Gasteiger partial charge in [0.2, 0.25) is 5.91 Å². The van der Waals surface area contributed by atoms with Crippen LogP contribution in [-0.4, -0.2) is 47.4 Å². The molecule has 0 aliphatic carbocycles. The highest BCUT2D eigenvalue weighted by Gasteiger charge is 2.34. The molecule has 2 amide bonds. The Morgan fingerprint density at radius 2 is 1.89 bits per heavy atom. The Morgan fingerprint density at radius 3 is 2.60 bits per heavy atom. The number of nitrogens with zero attached hydrogens (tertiary/aromatic N) is 2. The molecule has 0 radical (unpaired) electrons. The van der Waals surface area contributed by atoms with Crippen LogP contribution in [0.2, 0.25) is 0 Å². The molecule has 1 aromatic heterocycles. The Hall–Kier alpha value is -3.26. The standard InChI is InChI=1S/C27H28F2N2O3S/c1-3-18(2)31(27(33)19-6-4-7-20(28)14-19)16-26(32)30-12-10-25-23(11-13-35-25)24(30)17-34-22-9-5-8-21(29)15-22/h4-9,11,13-15,18,24H,3,10,12,16-17H2,1-2H3/t18-,24-/m0/s1. The van der Waals surface area contributed by atoms with Crippen LogP contribution in [0.3, 0.4) is 0 Å². The molecule has 2 heterocycles. The summed E-state index contributed by atoms with van der Waals surface area (Å²) in [7, 11) is 0. The van der Waals surface area contributed by atoms with E-state index in [4.69, 9.17) is 4.74 Å². The lowest BCUT2D eigenvalue weighted by molar-refractivity contribution is -0.136. The first-order chi connectivity index (χ1) is 16.9. The summed E-state index contributed by atoms with van der Waals surface area (Å²) in [6.07, 6.45) is 1.37. The van der Waals surface area contributed by atoms with E-state index in [-0.39, 0.29) is 42.6 Å². The number of thiophene rings is 1. The minimum absolute atomic E-state index is 0.125. The van der Waals surface area contributed by atoms with Crippen LogP contribution in [0.5, 0.6) is 5.75 Å². The molecule has 0 unspecified atom stereocenters. The van der Waals surface area contributed by atoms with Gasteiger partial charge in [-0.25, -0.2) is 8.78 Å². The van der Waals surface area contributed by atoms with Gasteiger partial charge in [-0.1, -0.05) is 19.1 Å². The van der Waals surface area contributed by atoms with Gasteiger partial charge in [0.25, 0.3) is 5.91 Å². The van der Waals surface area contributed by atoms with E-state index >= 15 is 0 Å². The van der Waals surface area contributed by atoms with Crippen molar-refractivity contribution >= 4 is 23.2 Å². The van der Waals surface area contributed by atoms with Crippen molar-refractivity contribution in [3.05, 3.63) is 87.6 Å². The topological polar surface area (TPSA) is 49.9 Å². The molecule has 0 spiro atoms. The van der Waals surface area contributed by atoms with Gasteiger partial charge in [0.15, 0.2) is 0 Å². The quantitative estimate of drug-likeness (QED) is 0.414. The highest BCUT2D eigenvalue weighted by molar-refractivity contribution is 7.10. The number of carbonyl (C=O) groups is 2. The summed E-state index contributed by atoms with van der Waals surface area (Å²) in [5.41, 5.74) is 1.22. The predicted octanol–water partition coefficient (Wildman–Crippen LogP) is 5.47. The molecule has 0 saturated carbocycles. The molecule has 2 atom stereocenters. The maximum Gasteiger partial charge on any atom is 0.254 e. The summed E-state index contributed by atoms with van der Waals surface area (Å²) in [4.78, 5) is 31.2. The van der Waals surface area contributed by atoms with Gasteiger partial charge >= 0.3 is 0 Å². The number of hydrogen-bond acceptors (Lipinski definition) is 4. The van der Waals surface area contributed by atoms with Crippen LogP contribution in [-0.2, 0) is 11.2 Å². The molecule has 1 aliphatic rings. The fraction of sp³-hybridized carbons (Fsp3) is 0.333. The molecule has 3 aromatic rings. The van der Waals surface area contributed by atoms with Crippen LogP contribution in [0.1, 0.15) is 47.1 Å². The first-order valence-electron chi connectivity index (χ1n) is 11.7. The molecule has 35 heavy (non-hydrogen) atoms. The van der Waals surface area contributed by atoms with Crippen molar-refractivity contribution in [2.45, 2.75) is 38.8 Å². The van der Waals surface area contributed by atoms with Crippen molar-refractivity contribution in [2.24, 2.45) is 0 Å². The van der Waals surface area contributed by atoms with Gasteiger partial charge in [-0.3, -0.25) is 9.59 Å². The number of carbonyl (C=O) groups excluding carboxylic acids is 2. The molecule has 184 valence electrons. The SMILES string of the molecule is CC[C@H](C)N(CC(=O)N1CCc2sccc2[C@@H]1COc1cccc(F)c1)C(=O)c1cccc(F)c1. The van der Waals surface area contributed by atoms with Crippen LogP contribution in [0.15, 0.2) is 60.0 Å². The molecule has 4 rings (SSSR count). The second-order valence-electron chi connectivity index (χ2n) is 8.62. The molecule has 2 aromatic carbocycles. The second-order valence-corrected chi connectivity index (χ2v) is 9.62. The van der Waals surface area contributed by atoms with Gasteiger partial charge in [-0.2, -0.15) is 0 Å². The van der Waals surface area contributed by atoms with Crippen molar-refractivity contribution in [3.8, 4) is 5.75 Å². The Labute approximate surface area is 207 Å². The molecule has 0 saturated heterocycles. The number of benzene rings is 2. The summed E-state index contributed by atoms with van der Waals surface area (Å²) in [5.74, 6) is -1.09. The highest BCUT2D eigenvalue weighted by atomic mass is 32.1. The largest absolute Gasteiger partial charge is 0.491 e. The highest BCUT2D eigenvalue weighted by Crippen LogP contribution is 2.34. The summed E-state index contributed by atoms with van der Waals surface area (Å²) in [6, 6.07) is 12.8. The van der Waals surface area contributed by atoms with Crippen LogP contribution in [0, 0.1) is 11.6 Å².